The first-order valence-electron chi connectivity index (χ1n) is 2.88. The van der Waals surface area contributed by atoms with Gasteiger partial charge in [0.1, 0.15) is 16.1 Å². The Kier molecular flexibility index (Phi) is 1.69. The standard InChI is InChI=1S/C5H8N4OS.H2/c1-9-4(11)2(6)3(7)8-5(9)10;/h6-7H2,1H3,(H,8,10);1H. The van der Waals surface area contributed by atoms with Crippen LogP contribution in [0.25, 0.3) is 0 Å². The molecular weight excluding hydrogens is 164 g/mol. The van der Waals surface area contributed by atoms with Crippen LogP contribution < -0.4 is 17.2 Å². The van der Waals surface area contributed by atoms with E-state index in [1.54, 1.807) is 0 Å². The van der Waals surface area contributed by atoms with E-state index in [9.17, 15) is 4.79 Å². The van der Waals surface area contributed by atoms with Gasteiger partial charge >= 0.3 is 5.69 Å². The quantitative estimate of drug-likeness (QED) is 0.477. The van der Waals surface area contributed by atoms with Gasteiger partial charge in [-0.3, -0.25) is 9.55 Å². The van der Waals surface area contributed by atoms with Gasteiger partial charge in [-0.2, -0.15) is 0 Å². The smallest absolute Gasteiger partial charge is 0.327 e. The maximum Gasteiger partial charge on any atom is 0.327 e. The van der Waals surface area contributed by atoms with Crippen molar-refractivity contribution in [3.63, 3.8) is 0 Å². The maximum atomic E-state index is 10.9. The summed E-state index contributed by atoms with van der Waals surface area (Å²) in [6.45, 7) is 0. The Morgan fingerprint density at radius 2 is 2.18 bits per heavy atom. The molecule has 0 radical (unpaired) electrons. The largest absolute Gasteiger partial charge is 0.393 e. The molecule has 1 heterocycles. The highest BCUT2D eigenvalue weighted by molar-refractivity contribution is 7.71. The summed E-state index contributed by atoms with van der Waals surface area (Å²) in [6, 6.07) is 0. The molecule has 62 valence electrons. The van der Waals surface area contributed by atoms with Crippen molar-refractivity contribution in [2.75, 3.05) is 11.5 Å². The highest BCUT2D eigenvalue weighted by Gasteiger charge is 2.00. The van der Waals surface area contributed by atoms with Gasteiger partial charge in [0, 0.05) is 8.47 Å². The van der Waals surface area contributed by atoms with Gasteiger partial charge < -0.3 is 11.5 Å². The third-order valence-corrected chi connectivity index (χ3v) is 1.87. The Bertz CT molecular complexity index is 395. The minimum Gasteiger partial charge on any atom is -0.393 e. The van der Waals surface area contributed by atoms with Crippen LogP contribution >= 0.6 is 12.2 Å². The first-order chi connectivity index (χ1) is 5.04. The van der Waals surface area contributed by atoms with Crippen molar-refractivity contribution in [1.82, 2.24) is 9.55 Å². The van der Waals surface area contributed by atoms with Crippen LogP contribution in [0.1, 0.15) is 1.43 Å². The van der Waals surface area contributed by atoms with Crippen molar-refractivity contribution in [2.24, 2.45) is 7.05 Å². The predicted molar refractivity (Wildman–Crippen MR) is 47.8 cm³/mol. The van der Waals surface area contributed by atoms with E-state index in [0.717, 1.165) is 0 Å². The molecule has 5 N–H and O–H groups in total. The van der Waals surface area contributed by atoms with Crippen molar-refractivity contribution in [1.29, 1.82) is 0 Å². The molecule has 0 saturated carbocycles. The van der Waals surface area contributed by atoms with Gasteiger partial charge in [-0.1, -0.05) is 12.2 Å². The van der Waals surface area contributed by atoms with Crippen LogP contribution in [0.5, 0.6) is 0 Å². The summed E-state index contributed by atoms with van der Waals surface area (Å²) >= 11 is 4.81. The second-order valence-corrected chi connectivity index (χ2v) is 2.51. The molecule has 0 amide bonds. The van der Waals surface area contributed by atoms with E-state index in [1.807, 2.05) is 0 Å². The van der Waals surface area contributed by atoms with Crippen LogP contribution in [0.3, 0.4) is 0 Å². The molecule has 11 heavy (non-hydrogen) atoms. The molecule has 0 atom stereocenters. The lowest BCUT2D eigenvalue weighted by Gasteiger charge is -2.02. The lowest BCUT2D eigenvalue weighted by molar-refractivity contribution is 0.804. The van der Waals surface area contributed by atoms with Gasteiger partial charge in [-0.05, 0) is 0 Å². The van der Waals surface area contributed by atoms with Gasteiger partial charge in [0.15, 0.2) is 0 Å². The molecule has 1 aromatic rings. The molecule has 0 aromatic carbocycles. The second kappa shape index (κ2) is 2.39. The number of nitrogens with two attached hydrogens (primary N) is 2. The molecule has 0 saturated heterocycles. The molecule has 5 nitrogen and oxygen atoms in total. The molecule has 0 aliphatic heterocycles. The van der Waals surface area contributed by atoms with Crippen molar-refractivity contribution >= 4 is 23.7 Å². The topological polar surface area (TPSA) is 89.8 Å². The minimum absolute atomic E-state index is 0. The zero-order valence-electron chi connectivity index (χ0n) is 5.92. The van der Waals surface area contributed by atoms with Crippen LogP contribution in [0, 0.1) is 4.64 Å². The van der Waals surface area contributed by atoms with E-state index in [-0.39, 0.29) is 23.3 Å². The summed E-state index contributed by atoms with van der Waals surface area (Å²) in [5.74, 6) is 0.123. The predicted octanol–water partition coefficient (Wildman–Crippen LogP) is -0.147. The Morgan fingerprint density at radius 3 is 2.73 bits per heavy atom. The molecule has 1 aromatic heterocycles. The number of aromatic nitrogens is 2. The molecule has 0 unspecified atom stereocenters. The molecule has 0 bridgehead atoms. The SMILES string of the molecule is Cn1c(=O)[nH]c(N)c(N)c1=S.[HH]. The zero-order valence-corrected chi connectivity index (χ0v) is 6.73. The Hall–Kier alpha value is -1.30. The van der Waals surface area contributed by atoms with Crippen LogP contribution in [0.4, 0.5) is 11.5 Å². The third-order valence-electron chi connectivity index (χ3n) is 1.37. The van der Waals surface area contributed by atoms with E-state index in [0.29, 0.717) is 0 Å². The number of nitrogens with zero attached hydrogens (tertiary/aromatic N) is 1. The fourth-order valence-electron chi connectivity index (χ4n) is 0.655. The summed E-state index contributed by atoms with van der Waals surface area (Å²) in [4.78, 5) is 13.3. The maximum absolute atomic E-state index is 10.9. The van der Waals surface area contributed by atoms with Crippen molar-refractivity contribution < 1.29 is 1.43 Å². The monoisotopic (exact) mass is 174 g/mol. The lowest BCUT2D eigenvalue weighted by atomic mass is 10.5. The van der Waals surface area contributed by atoms with Crippen molar-refractivity contribution in [2.45, 2.75) is 0 Å². The molecular formula is C5H10N4OS. The van der Waals surface area contributed by atoms with Crippen LogP contribution in [0.2, 0.25) is 0 Å². The molecule has 1 rings (SSSR count). The van der Waals surface area contributed by atoms with E-state index in [2.05, 4.69) is 4.98 Å². The number of hydrogen-bond donors (Lipinski definition) is 3. The number of hydrogen-bond acceptors (Lipinski definition) is 4. The molecule has 6 heteroatoms. The zero-order chi connectivity index (χ0) is 8.59. The lowest BCUT2D eigenvalue weighted by Crippen LogP contribution is -2.23. The van der Waals surface area contributed by atoms with Gasteiger partial charge in [0.2, 0.25) is 0 Å². The number of aromatic amines is 1. The summed E-state index contributed by atoms with van der Waals surface area (Å²) < 4.78 is 1.48. The average molecular weight is 174 g/mol. The van der Waals surface area contributed by atoms with E-state index in [4.69, 9.17) is 23.7 Å². The molecule has 0 fully saturated rings. The average Bonchev–Trinajstić information content (AvgIpc) is 1.97. The summed E-state index contributed by atoms with van der Waals surface area (Å²) in [5.41, 5.74) is 10.6. The normalized spacial score (nSPS) is 9.91. The minimum atomic E-state index is -0.360. The second-order valence-electron chi connectivity index (χ2n) is 2.12. The fourth-order valence-corrected chi connectivity index (χ4v) is 0.847. The van der Waals surface area contributed by atoms with E-state index in [1.165, 1.54) is 11.6 Å². The van der Waals surface area contributed by atoms with Crippen molar-refractivity contribution in [3.05, 3.63) is 15.1 Å². The molecule has 0 spiro atoms. The highest BCUT2D eigenvalue weighted by Crippen LogP contribution is 2.07. The van der Waals surface area contributed by atoms with Crippen molar-refractivity contribution in [3.8, 4) is 0 Å². The number of anilines is 2. The van der Waals surface area contributed by atoms with Crippen LogP contribution in [-0.2, 0) is 7.05 Å². The van der Waals surface area contributed by atoms with Gasteiger partial charge in [0.05, 0.1) is 0 Å². The summed E-state index contributed by atoms with van der Waals surface area (Å²) in [6.07, 6.45) is 0. The van der Waals surface area contributed by atoms with Crippen LogP contribution in [0.15, 0.2) is 4.79 Å². The number of nitrogen functional groups attached to an aromatic ring is 2. The summed E-state index contributed by atoms with van der Waals surface area (Å²) in [7, 11) is 1.52. The van der Waals surface area contributed by atoms with Crippen LogP contribution in [-0.4, -0.2) is 9.55 Å². The summed E-state index contributed by atoms with van der Waals surface area (Å²) in [5, 5.41) is 0. The van der Waals surface area contributed by atoms with Gasteiger partial charge in [-0.25, -0.2) is 4.79 Å². The van der Waals surface area contributed by atoms with E-state index < -0.39 is 0 Å². The Morgan fingerprint density at radius 1 is 1.64 bits per heavy atom. The Balaban J connectivity index is 0.00000121. The first kappa shape index (κ1) is 7.80. The number of nitrogens with one attached hydrogen (secondary N) is 1. The van der Waals surface area contributed by atoms with Gasteiger partial charge in [-0.15, -0.1) is 0 Å². The Labute approximate surface area is 69.1 Å². The van der Waals surface area contributed by atoms with Gasteiger partial charge in [0.25, 0.3) is 0 Å². The number of rotatable bonds is 0. The first-order valence-corrected chi connectivity index (χ1v) is 3.29. The fraction of sp³-hybridized carbons (Fsp3) is 0.200. The molecule has 0 aliphatic carbocycles. The highest BCUT2D eigenvalue weighted by atomic mass is 32.1. The third kappa shape index (κ3) is 1.12. The molecule has 0 aliphatic rings. The number of H-pyrrole nitrogens is 1. The van der Waals surface area contributed by atoms with E-state index >= 15 is 0 Å².